The van der Waals surface area contributed by atoms with Crippen LogP contribution in [0.15, 0.2) is 29.3 Å². The number of piperazine rings is 1. The van der Waals surface area contributed by atoms with Crippen LogP contribution in [0.25, 0.3) is 0 Å². The number of amides is 1. The van der Waals surface area contributed by atoms with Gasteiger partial charge in [0, 0.05) is 38.3 Å². The first kappa shape index (κ1) is 23.8. The van der Waals surface area contributed by atoms with Gasteiger partial charge in [-0.15, -0.1) is 24.0 Å². The fraction of sp³-hybridized carbons (Fsp3) is 0.579. The number of hydrogen-bond acceptors (Lipinski definition) is 3. The van der Waals surface area contributed by atoms with E-state index in [0.717, 1.165) is 49.4 Å². The number of rotatable bonds is 4. The van der Waals surface area contributed by atoms with Gasteiger partial charge in [0.25, 0.3) is 0 Å². The quantitative estimate of drug-likeness (QED) is 0.374. The third-order valence-electron chi connectivity index (χ3n) is 3.99. The van der Waals surface area contributed by atoms with E-state index in [4.69, 9.17) is 11.6 Å². The number of anilines is 1. The number of nitrogens with zero attached hydrogens (tertiary/aromatic N) is 3. The average Bonchev–Trinajstić information content (AvgIpc) is 2.58. The monoisotopic (exact) mass is 507 g/mol. The maximum absolute atomic E-state index is 12.0. The fourth-order valence-corrected chi connectivity index (χ4v) is 3.15. The topological polar surface area (TPSA) is 60.0 Å². The summed E-state index contributed by atoms with van der Waals surface area (Å²) in [5, 5.41) is 7.01. The number of benzene rings is 1. The summed E-state index contributed by atoms with van der Waals surface area (Å²) in [5.41, 5.74) is 0.825. The van der Waals surface area contributed by atoms with Crippen molar-refractivity contribution in [1.29, 1.82) is 0 Å². The average molecular weight is 508 g/mol. The first-order chi connectivity index (χ1) is 12.3. The Labute approximate surface area is 184 Å². The SMILES string of the molecule is CCNC(=NCC(=O)NC(C)(C)C)N1CCN(c2ccccc2Cl)CC1.I. The normalized spacial score (nSPS) is 15.2. The van der Waals surface area contributed by atoms with Crippen LogP contribution in [0.5, 0.6) is 0 Å². The number of para-hydroxylation sites is 1. The highest BCUT2D eigenvalue weighted by Crippen LogP contribution is 2.25. The van der Waals surface area contributed by atoms with Crippen molar-refractivity contribution in [2.75, 3.05) is 44.2 Å². The number of aliphatic imine (C=N–C) groups is 1. The van der Waals surface area contributed by atoms with Gasteiger partial charge in [-0.2, -0.15) is 0 Å². The lowest BCUT2D eigenvalue weighted by molar-refractivity contribution is -0.121. The highest BCUT2D eigenvalue weighted by molar-refractivity contribution is 14.0. The highest BCUT2D eigenvalue weighted by Gasteiger charge is 2.21. The molecule has 0 aliphatic carbocycles. The van der Waals surface area contributed by atoms with E-state index in [1.165, 1.54) is 0 Å². The van der Waals surface area contributed by atoms with Crippen LogP contribution < -0.4 is 15.5 Å². The molecular formula is C19H31ClIN5O. The third kappa shape index (κ3) is 7.73. The number of hydrogen-bond donors (Lipinski definition) is 2. The van der Waals surface area contributed by atoms with Gasteiger partial charge >= 0.3 is 0 Å². The van der Waals surface area contributed by atoms with Crippen molar-refractivity contribution < 1.29 is 4.79 Å². The van der Waals surface area contributed by atoms with E-state index in [1.54, 1.807) is 0 Å². The van der Waals surface area contributed by atoms with Crippen LogP contribution >= 0.6 is 35.6 Å². The molecule has 1 aliphatic rings. The molecule has 1 aromatic rings. The smallest absolute Gasteiger partial charge is 0.242 e. The second kappa shape index (κ2) is 10.9. The van der Waals surface area contributed by atoms with Crippen LogP contribution in [0, 0.1) is 0 Å². The van der Waals surface area contributed by atoms with E-state index in [2.05, 4.69) is 25.4 Å². The predicted octanol–water partition coefficient (Wildman–Crippen LogP) is 2.96. The van der Waals surface area contributed by atoms with Crippen molar-refractivity contribution >= 4 is 53.1 Å². The van der Waals surface area contributed by atoms with Crippen molar-refractivity contribution in [2.24, 2.45) is 4.99 Å². The molecule has 2 N–H and O–H groups in total. The number of carbonyl (C=O) groups excluding carboxylic acids is 1. The van der Waals surface area contributed by atoms with Crippen molar-refractivity contribution in [1.82, 2.24) is 15.5 Å². The van der Waals surface area contributed by atoms with Crippen LogP contribution in [0.4, 0.5) is 5.69 Å². The van der Waals surface area contributed by atoms with E-state index >= 15 is 0 Å². The maximum Gasteiger partial charge on any atom is 0.242 e. The molecule has 27 heavy (non-hydrogen) atoms. The minimum Gasteiger partial charge on any atom is -0.367 e. The molecule has 0 bridgehead atoms. The van der Waals surface area contributed by atoms with Crippen LogP contribution in [0.2, 0.25) is 5.02 Å². The second-order valence-electron chi connectivity index (χ2n) is 7.39. The molecule has 2 rings (SSSR count). The van der Waals surface area contributed by atoms with E-state index < -0.39 is 0 Å². The Bertz CT molecular complexity index is 639. The van der Waals surface area contributed by atoms with Crippen LogP contribution in [-0.2, 0) is 4.79 Å². The Morgan fingerprint density at radius 1 is 1.19 bits per heavy atom. The van der Waals surface area contributed by atoms with Crippen molar-refractivity contribution in [3.05, 3.63) is 29.3 Å². The van der Waals surface area contributed by atoms with Gasteiger partial charge in [-0.25, -0.2) is 4.99 Å². The summed E-state index contributed by atoms with van der Waals surface area (Å²) in [4.78, 5) is 21.0. The zero-order chi connectivity index (χ0) is 19.2. The van der Waals surface area contributed by atoms with Crippen LogP contribution in [-0.4, -0.2) is 61.6 Å². The Balaban J connectivity index is 0.00000364. The predicted molar refractivity (Wildman–Crippen MR) is 125 cm³/mol. The Hall–Kier alpha value is -1.22. The second-order valence-corrected chi connectivity index (χ2v) is 7.80. The summed E-state index contributed by atoms with van der Waals surface area (Å²) >= 11 is 6.31. The highest BCUT2D eigenvalue weighted by atomic mass is 127. The molecule has 1 fully saturated rings. The molecule has 1 amide bonds. The van der Waals surface area contributed by atoms with E-state index in [1.807, 2.05) is 52.0 Å². The Morgan fingerprint density at radius 3 is 2.37 bits per heavy atom. The summed E-state index contributed by atoms with van der Waals surface area (Å²) in [6.45, 7) is 12.2. The molecule has 0 unspecified atom stereocenters. The van der Waals surface area contributed by atoms with Crippen molar-refractivity contribution in [3.8, 4) is 0 Å². The van der Waals surface area contributed by atoms with Crippen molar-refractivity contribution in [2.45, 2.75) is 33.2 Å². The number of halogens is 2. The van der Waals surface area contributed by atoms with Crippen LogP contribution in [0.1, 0.15) is 27.7 Å². The minimum absolute atomic E-state index is 0. The first-order valence-electron chi connectivity index (χ1n) is 9.14. The molecule has 152 valence electrons. The molecule has 1 saturated heterocycles. The summed E-state index contributed by atoms with van der Waals surface area (Å²) < 4.78 is 0. The number of carbonyl (C=O) groups is 1. The number of guanidine groups is 1. The molecule has 1 aliphatic heterocycles. The van der Waals surface area contributed by atoms with E-state index in [0.29, 0.717) is 0 Å². The molecule has 0 aromatic heterocycles. The van der Waals surface area contributed by atoms with Gasteiger partial charge in [0.15, 0.2) is 5.96 Å². The van der Waals surface area contributed by atoms with Gasteiger partial charge in [-0.3, -0.25) is 4.79 Å². The summed E-state index contributed by atoms with van der Waals surface area (Å²) in [6, 6.07) is 7.92. The van der Waals surface area contributed by atoms with Gasteiger partial charge in [0.1, 0.15) is 6.54 Å². The third-order valence-corrected chi connectivity index (χ3v) is 4.31. The lowest BCUT2D eigenvalue weighted by Crippen LogP contribution is -2.53. The maximum atomic E-state index is 12.0. The Morgan fingerprint density at radius 2 is 1.81 bits per heavy atom. The first-order valence-corrected chi connectivity index (χ1v) is 9.51. The molecular weight excluding hydrogens is 477 g/mol. The van der Waals surface area contributed by atoms with Crippen molar-refractivity contribution in [3.63, 3.8) is 0 Å². The van der Waals surface area contributed by atoms with E-state index in [-0.39, 0.29) is 42.0 Å². The molecule has 8 heteroatoms. The minimum atomic E-state index is -0.245. The zero-order valence-corrected chi connectivity index (χ0v) is 19.7. The van der Waals surface area contributed by atoms with Gasteiger partial charge < -0.3 is 20.4 Å². The number of nitrogens with one attached hydrogen (secondary N) is 2. The summed E-state index contributed by atoms with van der Waals surface area (Å²) in [6.07, 6.45) is 0. The molecule has 0 atom stereocenters. The standard InChI is InChI=1S/C19H30ClN5O.HI/c1-5-21-18(22-14-17(26)23-19(2,3)4)25-12-10-24(11-13-25)16-9-7-6-8-15(16)20;/h6-9H,5,10-14H2,1-4H3,(H,21,22)(H,23,26);1H. The molecule has 0 radical (unpaired) electrons. The molecule has 1 heterocycles. The fourth-order valence-electron chi connectivity index (χ4n) is 2.90. The summed E-state index contributed by atoms with van der Waals surface area (Å²) in [5.74, 6) is 0.720. The summed E-state index contributed by atoms with van der Waals surface area (Å²) in [7, 11) is 0. The molecule has 0 saturated carbocycles. The Kier molecular flexibility index (Phi) is 9.66. The molecule has 1 aromatic carbocycles. The van der Waals surface area contributed by atoms with Crippen LogP contribution in [0.3, 0.4) is 0 Å². The van der Waals surface area contributed by atoms with E-state index in [9.17, 15) is 4.79 Å². The zero-order valence-electron chi connectivity index (χ0n) is 16.6. The van der Waals surface area contributed by atoms with Gasteiger partial charge in [0.05, 0.1) is 10.7 Å². The lowest BCUT2D eigenvalue weighted by Gasteiger charge is -2.38. The van der Waals surface area contributed by atoms with Gasteiger partial charge in [0.2, 0.25) is 5.91 Å². The van der Waals surface area contributed by atoms with Gasteiger partial charge in [-0.05, 0) is 39.8 Å². The lowest BCUT2D eigenvalue weighted by atomic mass is 10.1. The van der Waals surface area contributed by atoms with Gasteiger partial charge in [-0.1, -0.05) is 23.7 Å². The molecule has 0 spiro atoms. The largest absolute Gasteiger partial charge is 0.367 e. The molecule has 6 nitrogen and oxygen atoms in total.